The predicted molar refractivity (Wildman–Crippen MR) is 116 cm³/mol. The van der Waals surface area contributed by atoms with Crippen LogP contribution >= 0.6 is 0 Å². The third-order valence-corrected chi connectivity index (χ3v) is 5.75. The van der Waals surface area contributed by atoms with Gasteiger partial charge in [-0.25, -0.2) is 0 Å². The van der Waals surface area contributed by atoms with Gasteiger partial charge in [-0.05, 0) is 62.4 Å². The van der Waals surface area contributed by atoms with Crippen LogP contribution < -0.4 is 14.8 Å². The number of nitrogens with one attached hydrogen (secondary N) is 1. The number of carbonyl (C=O) groups excluding carboxylic acids is 2. The molecule has 3 rings (SSSR count). The summed E-state index contributed by atoms with van der Waals surface area (Å²) in [5.74, 6) is 1.18. The first-order valence-electron chi connectivity index (χ1n) is 10.3. The summed E-state index contributed by atoms with van der Waals surface area (Å²) in [4.78, 5) is 27.0. The molecule has 2 aromatic rings. The number of para-hydroxylation sites is 1. The van der Waals surface area contributed by atoms with E-state index in [0.717, 1.165) is 35.3 Å². The van der Waals surface area contributed by atoms with Crippen molar-refractivity contribution in [2.24, 2.45) is 0 Å². The summed E-state index contributed by atoms with van der Waals surface area (Å²) >= 11 is 0. The number of rotatable bonds is 6. The molecule has 2 aromatic carbocycles. The maximum Gasteiger partial charge on any atom is 0.260 e. The third kappa shape index (κ3) is 4.93. The lowest BCUT2D eigenvalue weighted by Gasteiger charge is -2.32. The number of benzene rings is 2. The average Bonchev–Trinajstić information content (AvgIpc) is 2.76. The number of hydrogen-bond donors (Lipinski definition) is 1. The van der Waals surface area contributed by atoms with E-state index < -0.39 is 0 Å². The molecule has 0 bridgehead atoms. The van der Waals surface area contributed by atoms with E-state index in [0.29, 0.717) is 24.4 Å². The Morgan fingerprint density at radius 1 is 1.03 bits per heavy atom. The fraction of sp³-hybridized carbons (Fsp3) is 0.417. The van der Waals surface area contributed by atoms with Gasteiger partial charge in [0.15, 0.2) is 6.61 Å². The standard InChI is InChI=1S/C24H30N2O4/c1-16-9-10-17(2)23(18(16)3)30-15-22(27)26-13-11-19(12-14-26)25-24(28)20-7-5-6-8-21(20)29-4/h5-10,19H,11-15H2,1-4H3,(H,25,28). The van der Waals surface area contributed by atoms with Gasteiger partial charge in [-0.15, -0.1) is 0 Å². The third-order valence-electron chi connectivity index (χ3n) is 5.75. The minimum Gasteiger partial charge on any atom is -0.496 e. The molecule has 0 unspecified atom stereocenters. The Morgan fingerprint density at radius 3 is 2.40 bits per heavy atom. The van der Waals surface area contributed by atoms with E-state index in [1.165, 1.54) is 0 Å². The summed E-state index contributed by atoms with van der Waals surface area (Å²) in [6.45, 7) is 7.27. The number of piperidine rings is 1. The molecule has 1 heterocycles. The van der Waals surface area contributed by atoms with Crippen LogP contribution in [-0.4, -0.2) is 49.6 Å². The predicted octanol–water partition coefficient (Wildman–Crippen LogP) is 3.42. The Hall–Kier alpha value is -3.02. The van der Waals surface area contributed by atoms with Gasteiger partial charge in [-0.3, -0.25) is 9.59 Å². The van der Waals surface area contributed by atoms with Crippen molar-refractivity contribution in [3.63, 3.8) is 0 Å². The SMILES string of the molecule is COc1ccccc1C(=O)NC1CCN(C(=O)COc2c(C)ccc(C)c2C)CC1. The molecule has 0 aromatic heterocycles. The van der Waals surface area contributed by atoms with Crippen molar-refractivity contribution in [3.05, 3.63) is 58.7 Å². The van der Waals surface area contributed by atoms with Gasteiger partial charge in [-0.2, -0.15) is 0 Å². The van der Waals surface area contributed by atoms with Crippen LogP contribution in [0.5, 0.6) is 11.5 Å². The zero-order chi connectivity index (χ0) is 21.7. The number of methoxy groups -OCH3 is 1. The molecule has 30 heavy (non-hydrogen) atoms. The van der Waals surface area contributed by atoms with Gasteiger partial charge in [-0.1, -0.05) is 24.3 Å². The highest BCUT2D eigenvalue weighted by Crippen LogP contribution is 2.26. The molecule has 1 N–H and O–H groups in total. The van der Waals surface area contributed by atoms with Gasteiger partial charge in [0.1, 0.15) is 11.5 Å². The zero-order valence-corrected chi connectivity index (χ0v) is 18.2. The van der Waals surface area contributed by atoms with Crippen molar-refractivity contribution >= 4 is 11.8 Å². The number of likely N-dealkylation sites (tertiary alicyclic amines) is 1. The Morgan fingerprint density at radius 2 is 1.70 bits per heavy atom. The molecule has 6 heteroatoms. The van der Waals surface area contributed by atoms with Gasteiger partial charge in [0.05, 0.1) is 12.7 Å². The second-order valence-electron chi connectivity index (χ2n) is 7.77. The minimum atomic E-state index is -0.147. The summed E-state index contributed by atoms with van der Waals surface area (Å²) in [6, 6.07) is 11.3. The van der Waals surface area contributed by atoms with E-state index in [1.54, 1.807) is 19.2 Å². The first-order chi connectivity index (χ1) is 14.4. The lowest BCUT2D eigenvalue weighted by atomic mass is 10.0. The smallest absolute Gasteiger partial charge is 0.260 e. The van der Waals surface area contributed by atoms with Gasteiger partial charge < -0.3 is 19.7 Å². The molecule has 160 valence electrons. The first-order valence-corrected chi connectivity index (χ1v) is 10.3. The number of nitrogens with zero attached hydrogens (tertiary/aromatic N) is 1. The minimum absolute atomic E-state index is 0.0233. The average molecular weight is 411 g/mol. The van der Waals surface area contributed by atoms with E-state index in [1.807, 2.05) is 43.9 Å². The van der Waals surface area contributed by atoms with E-state index in [-0.39, 0.29) is 24.5 Å². The van der Waals surface area contributed by atoms with Crippen LogP contribution in [0.25, 0.3) is 0 Å². The van der Waals surface area contributed by atoms with Crippen molar-refractivity contribution in [2.45, 2.75) is 39.7 Å². The number of aryl methyl sites for hydroxylation is 2. The van der Waals surface area contributed by atoms with Crippen LogP contribution in [0, 0.1) is 20.8 Å². The van der Waals surface area contributed by atoms with Gasteiger partial charge in [0.25, 0.3) is 11.8 Å². The largest absolute Gasteiger partial charge is 0.496 e. The highest BCUT2D eigenvalue weighted by Gasteiger charge is 2.25. The van der Waals surface area contributed by atoms with Crippen LogP contribution in [0.3, 0.4) is 0 Å². The molecule has 0 spiro atoms. The highest BCUT2D eigenvalue weighted by atomic mass is 16.5. The van der Waals surface area contributed by atoms with Gasteiger partial charge in [0.2, 0.25) is 0 Å². The summed E-state index contributed by atoms with van der Waals surface area (Å²) < 4.78 is 11.1. The molecule has 1 fully saturated rings. The number of amides is 2. The monoisotopic (exact) mass is 410 g/mol. The fourth-order valence-electron chi connectivity index (χ4n) is 3.74. The highest BCUT2D eigenvalue weighted by molar-refractivity contribution is 5.97. The molecule has 2 amide bonds. The van der Waals surface area contributed by atoms with Gasteiger partial charge in [0, 0.05) is 19.1 Å². The van der Waals surface area contributed by atoms with Crippen LogP contribution in [-0.2, 0) is 4.79 Å². The Kier molecular flexibility index (Phi) is 6.98. The first kappa shape index (κ1) is 21.7. The lowest BCUT2D eigenvalue weighted by molar-refractivity contribution is -0.134. The Balaban J connectivity index is 1.50. The number of ether oxygens (including phenoxy) is 2. The zero-order valence-electron chi connectivity index (χ0n) is 18.2. The summed E-state index contributed by atoms with van der Waals surface area (Å²) in [5, 5.41) is 3.06. The maximum absolute atomic E-state index is 12.6. The van der Waals surface area contributed by atoms with Gasteiger partial charge >= 0.3 is 0 Å². The molecule has 1 aliphatic heterocycles. The quantitative estimate of drug-likeness (QED) is 0.792. The molecule has 0 radical (unpaired) electrons. The summed E-state index contributed by atoms with van der Waals surface area (Å²) in [6.07, 6.45) is 1.43. The molecule has 0 atom stereocenters. The topological polar surface area (TPSA) is 67.9 Å². The molecule has 6 nitrogen and oxygen atoms in total. The van der Waals surface area contributed by atoms with Crippen LogP contribution in [0.15, 0.2) is 36.4 Å². The second-order valence-corrected chi connectivity index (χ2v) is 7.77. The van der Waals surface area contributed by atoms with Crippen LogP contribution in [0.4, 0.5) is 0 Å². The van der Waals surface area contributed by atoms with Crippen LogP contribution in [0.1, 0.15) is 39.9 Å². The molecular formula is C24H30N2O4. The maximum atomic E-state index is 12.6. The molecule has 0 aliphatic carbocycles. The second kappa shape index (κ2) is 9.65. The van der Waals surface area contributed by atoms with Crippen LogP contribution in [0.2, 0.25) is 0 Å². The van der Waals surface area contributed by atoms with E-state index in [4.69, 9.17) is 9.47 Å². The number of hydrogen-bond acceptors (Lipinski definition) is 4. The van der Waals surface area contributed by atoms with Crippen molar-refractivity contribution in [1.29, 1.82) is 0 Å². The van der Waals surface area contributed by atoms with E-state index in [9.17, 15) is 9.59 Å². The summed E-state index contributed by atoms with van der Waals surface area (Å²) in [7, 11) is 1.55. The van der Waals surface area contributed by atoms with E-state index in [2.05, 4.69) is 11.4 Å². The fourth-order valence-corrected chi connectivity index (χ4v) is 3.74. The van der Waals surface area contributed by atoms with Crippen molar-refractivity contribution in [1.82, 2.24) is 10.2 Å². The summed E-state index contributed by atoms with van der Waals surface area (Å²) in [5.41, 5.74) is 3.77. The number of carbonyl (C=O) groups is 2. The molecule has 0 saturated carbocycles. The molecular weight excluding hydrogens is 380 g/mol. The Bertz CT molecular complexity index is 917. The lowest BCUT2D eigenvalue weighted by Crippen LogP contribution is -2.47. The van der Waals surface area contributed by atoms with Crippen molar-refractivity contribution in [3.8, 4) is 11.5 Å². The normalized spacial score (nSPS) is 14.3. The Labute approximate surface area is 178 Å². The molecule has 1 saturated heterocycles. The van der Waals surface area contributed by atoms with Crippen molar-refractivity contribution < 1.29 is 19.1 Å². The van der Waals surface area contributed by atoms with E-state index >= 15 is 0 Å². The molecule has 1 aliphatic rings. The van der Waals surface area contributed by atoms with Crippen molar-refractivity contribution in [2.75, 3.05) is 26.8 Å².